The Morgan fingerprint density at radius 1 is 0.897 bits per heavy atom. The lowest BCUT2D eigenvalue weighted by molar-refractivity contribution is -0.143. The molecule has 3 aromatic carbocycles. The van der Waals surface area contributed by atoms with Crippen LogP contribution < -0.4 is 10.1 Å². The van der Waals surface area contributed by atoms with Crippen molar-refractivity contribution in [2.24, 2.45) is 0 Å². The molecule has 39 heavy (non-hydrogen) atoms. The predicted octanol–water partition coefficient (Wildman–Crippen LogP) is 6.39. The Balaban J connectivity index is 1.64. The minimum Gasteiger partial charge on any atom is -0.483 e. The summed E-state index contributed by atoms with van der Waals surface area (Å²) in [6.45, 7) is 8.34. The highest BCUT2D eigenvalue weighted by atomic mass is 16.5. The van der Waals surface area contributed by atoms with Crippen LogP contribution in [0.1, 0.15) is 65.5 Å². The Morgan fingerprint density at radius 3 is 2.31 bits per heavy atom. The van der Waals surface area contributed by atoms with Crippen LogP contribution in [-0.4, -0.2) is 35.4 Å². The Kier molecular flexibility index (Phi) is 9.80. The van der Waals surface area contributed by atoms with Crippen molar-refractivity contribution in [1.29, 1.82) is 0 Å². The van der Waals surface area contributed by atoms with E-state index in [0.29, 0.717) is 18.7 Å². The average Bonchev–Trinajstić information content (AvgIpc) is 2.93. The minimum absolute atomic E-state index is 0.0877. The van der Waals surface area contributed by atoms with Gasteiger partial charge in [0, 0.05) is 19.0 Å². The van der Waals surface area contributed by atoms with Gasteiger partial charge in [-0.15, -0.1) is 0 Å². The Labute approximate surface area is 233 Å². The monoisotopic (exact) mass is 526 g/mol. The molecule has 206 valence electrons. The van der Waals surface area contributed by atoms with Crippen molar-refractivity contribution in [3.8, 4) is 5.75 Å². The smallest absolute Gasteiger partial charge is 0.261 e. The van der Waals surface area contributed by atoms with E-state index in [0.717, 1.165) is 59.1 Å². The van der Waals surface area contributed by atoms with Gasteiger partial charge in [0.2, 0.25) is 5.91 Å². The number of ether oxygens (including phenoxy) is 1. The van der Waals surface area contributed by atoms with Gasteiger partial charge < -0.3 is 15.0 Å². The van der Waals surface area contributed by atoms with E-state index in [4.69, 9.17) is 4.74 Å². The molecule has 0 unspecified atom stereocenters. The molecule has 4 rings (SSSR count). The SMILES string of the molecule is Cc1cc(C)c(C)c(OCC(=O)N(Cc2ccccc2C)[C@H](Cc2ccccc2)C(=O)NC2CCCCC2)c1. The van der Waals surface area contributed by atoms with Crippen molar-refractivity contribution >= 4 is 11.8 Å². The number of hydrogen-bond acceptors (Lipinski definition) is 3. The van der Waals surface area contributed by atoms with Gasteiger partial charge in [-0.2, -0.15) is 0 Å². The highest BCUT2D eigenvalue weighted by Gasteiger charge is 2.32. The maximum atomic E-state index is 14.0. The quantitative estimate of drug-likeness (QED) is 0.333. The molecule has 0 aliphatic heterocycles. The van der Waals surface area contributed by atoms with E-state index in [-0.39, 0.29) is 24.5 Å². The van der Waals surface area contributed by atoms with E-state index in [1.165, 1.54) is 6.42 Å². The molecule has 1 saturated carbocycles. The fourth-order valence-corrected chi connectivity index (χ4v) is 5.44. The molecule has 1 atom stereocenters. The highest BCUT2D eigenvalue weighted by Crippen LogP contribution is 2.24. The molecule has 1 N–H and O–H groups in total. The van der Waals surface area contributed by atoms with E-state index in [9.17, 15) is 9.59 Å². The molecule has 2 amide bonds. The molecule has 0 saturated heterocycles. The van der Waals surface area contributed by atoms with Gasteiger partial charge in [-0.3, -0.25) is 9.59 Å². The first-order valence-electron chi connectivity index (χ1n) is 14.2. The fourth-order valence-electron chi connectivity index (χ4n) is 5.44. The van der Waals surface area contributed by atoms with Crippen LogP contribution in [0.3, 0.4) is 0 Å². The number of carbonyl (C=O) groups is 2. The van der Waals surface area contributed by atoms with Crippen molar-refractivity contribution < 1.29 is 14.3 Å². The van der Waals surface area contributed by atoms with Crippen molar-refractivity contribution in [2.75, 3.05) is 6.61 Å². The molecule has 0 heterocycles. The van der Waals surface area contributed by atoms with Gasteiger partial charge in [0.15, 0.2) is 6.61 Å². The average molecular weight is 527 g/mol. The summed E-state index contributed by atoms with van der Waals surface area (Å²) in [6, 6.07) is 21.6. The zero-order valence-electron chi connectivity index (χ0n) is 23.8. The Bertz CT molecular complexity index is 1260. The van der Waals surface area contributed by atoms with Crippen LogP contribution in [0.25, 0.3) is 0 Å². The normalized spacial score (nSPS) is 14.5. The zero-order valence-corrected chi connectivity index (χ0v) is 23.8. The second kappa shape index (κ2) is 13.5. The van der Waals surface area contributed by atoms with Gasteiger partial charge in [-0.25, -0.2) is 0 Å². The van der Waals surface area contributed by atoms with Crippen molar-refractivity contribution in [3.63, 3.8) is 0 Å². The third-order valence-corrected chi connectivity index (χ3v) is 7.94. The van der Waals surface area contributed by atoms with E-state index < -0.39 is 6.04 Å². The summed E-state index contributed by atoms with van der Waals surface area (Å²) in [5.74, 6) is 0.426. The van der Waals surface area contributed by atoms with Crippen LogP contribution in [0.15, 0.2) is 66.7 Å². The summed E-state index contributed by atoms with van der Waals surface area (Å²) < 4.78 is 6.12. The lowest BCUT2D eigenvalue weighted by Crippen LogP contribution is -2.53. The number of nitrogens with zero attached hydrogens (tertiary/aromatic N) is 1. The first-order valence-corrected chi connectivity index (χ1v) is 14.2. The molecule has 1 fully saturated rings. The summed E-state index contributed by atoms with van der Waals surface area (Å²) in [5, 5.41) is 3.30. The summed E-state index contributed by atoms with van der Waals surface area (Å²) in [5.41, 5.74) is 6.38. The maximum absolute atomic E-state index is 14.0. The van der Waals surface area contributed by atoms with Gasteiger partial charge in [0.05, 0.1) is 0 Å². The first-order chi connectivity index (χ1) is 18.8. The van der Waals surface area contributed by atoms with Crippen molar-refractivity contribution in [2.45, 2.75) is 84.8 Å². The molecular weight excluding hydrogens is 484 g/mol. The second-order valence-electron chi connectivity index (χ2n) is 11.0. The van der Waals surface area contributed by atoms with Crippen LogP contribution in [-0.2, 0) is 22.6 Å². The van der Waals surface area contributed by atoms with Crippen LogP contribution in [0.2, 0.25) is 0 Å². The first kappa shape index (κ1) is 28.4. The molecule has 0 aromatic heterocycles. The van der Waals surface area contributed by atoms with Crippen LogP contribution in [0.5, 0.6) is 5.75 Å². The third-order valence-electron chi connectivity index (χ3n) is 7.94. The molecule has 3 aromatic rings. The van der Waals surface area contributed by atoms with Gasteiger partial charge in [-0.05, 0) is 80.0 Å². The Morgan fingerprint density at radius 2 is 1.59 bits per heavy atom. The molecule has 5 heteroatoms. The number of hydrogen-bond donors (Lipinski definition) is 1. The third kappa shape index (κ3) is 7.72. The number of amides is 2. The van der Waals surface area contributed by atoms with E-state index in [1.54, 1.807) is 4.90 Å². The second-order valence-corrected chi connectivity index (χ2v) is 11.0. The summed E-state index contributed by atoms with van der Waals surface area (Å²) in [6.07, 6.45) is 5.90. The van der Waals surface area contributed by atoms with Gasteiger partial charge in [-0.1, -0.05) is 79.9 Å². The number of carbonyl (C=O) groups excluding carboxylic acids is 2. The van der Waals surface area contributed by atoms with Gasteiger partial charge in [0.25, 0.3) is 5.91 Å². The van der Waals surface area contributed by atoms with Crippen LogP contribution in [0.4, 0.5) is 0 Å². The van der Waals surface area contributed by atoms with Gasteiger partial charge in [0.1, 0.15) is 11.8 Å². The zero-order chi connectivity index (χ0) is 27.8. The van der Waals surface area contributed by atoms with Crippen LogP contribution >= 0.6 is 0 Å². The molecule has 5 nitrogen and oxygen atoms in total. The molecule has 0 bridgehead atoms. The summed E-state index contributed by atoms with van der Waals surface area (Å²) in [4.78, 5) is 29.6. The number of rotatable bonds is 10. The predicted molar refractivity (Wildman–Crippen MR) is 157 cm³/mol. The standard InChI is InChI=1S/C34H42N2O3/c1-24-19-26(3)27(4)32(20-24)39-23-33(37)36(22-29-16-12-11-13-25(29)2)31(21-28-14-7-5-8-15-28)34(38)35-30-17-9-6-10-18-30/h5,7-8,11-16,19-20,30-31H,6,9-10,17-18,21-23H2,1-4H3,(H,35,38)/t31-/m1/s1. The Hall–Kier alpha value is -3.60. The molecule has 1 aliphatic carbocycles. The van der Waals surface area contributed by atoms with Crippen LogP contribution in [0, 0.1) is 27.7 Å². The molecule has 1 aliphatic rings. The molecular formula is C34H42N2O3. The van der Waals surface area contributed by atoms with E-state index in [2.05, 4.69) is 11.4 Å². The largest absolute Gasteiger partial charge is 0.483 e. The lowest BCUT2D eigenvalue weighted by atomic mass is 9.94. The number of aryl methyl sites for hydroxylation is 3. The number of nitrogens with one attached hydrogen (secondary N) is 1. The molecule has 0 spiro atoms. The summed E-state index contributed by atoms with van der Waals surface area (Å²) >= 11 is 0. The maximum Gasteiger partial charge on any atom is 0.261 e. The van der Waals surface area contributed by atoms with Gasteiger partial charge >= 0.3 is 0 Å². The van der Waals surface area contributed by atoms with Crippen molar-refractivity contribution in [1.82, 2.24) is 10.2 Å². The summed E-state index contributed by atoms with van der Waals surface area (Å²) in [7, 11) is 0. The van der Waals surface area contributed by atoms with E-state index in [1.807, 2.05) is 88.4 Å². The molecule has 0 radical (unpaired) electrons. The lowest BCUT2D eigenvalue weighted by Gasteiger charge is -2.33. The highest BCUT2D eigenvalue weighted by molar-refractivity contribution is 5.88. The fraction of sp³-hybridized carbons (Fsp3) is 0.412. The topological polar surface area (TPSA) is 58.6 Å². The number of benzene rings is 3. The van der Waals surface area contributed by atoms with Crippen molar-refractivity contribution in [3.05, 3.63) is 100 Å². The van der Waals surface area contributed by atoms with E-state index >= 15 is 0 Å². The minimum atomic E-state index is -0.648.